The monoisotopic (exact) mass is 389 g/mol. The lowest BCUT2D eigenvalue weighted by molar-refractivity contribution is 0.0712. The van der Waals surface area contributed by atoms with Crippen molar-refractivity contribution in [1.82, 2.24) is 24.6 Å². The van der Waals surface area contributed by atoms with Gasteiger partial charge >= 0.3 is 0 Å². The number of benzene rings is 1. The minimum Gasteiger partial charge on any atom is -0.346 e. The van der Waals surface area contributed by atoms with Gasteiger partial charge in [0.15, 0.2) is 0 Å². The van der Waals surface area contributed by atoms with E-state index in [-0.39, 0.29) is 17.6 Å². The summed E-state index contributed by atoms with van der Waals surface area (Å²) in [4.78, 5) is 21.9. The number of nitrogens with zero attached hydrogens (tertiary/aromatic N) is 4. The molecule has 0 unspecified atom stereocenters. The van der Waals surface area contributed by atoms with E-state index < -0.39 is 0 Å². The van der Waals surface area contributed by atoms with E-state index in [1.807, 2.05) is 41.3 Å². The zero-order valence-corrected chi connectivity index (χ0v) is 15.8. The quantitative estimate of drug-likeness (QED) is 0.578. The fraction of sp³-hybridized carbons (Fsp3) is 0.227. The number of hydrogen-bond donors (Lipinski definition) is 1. The molecule has 1 aromatic carbocycles. The minimum absolute atomic E-state index is 0.0346. The molecular weight excluding hydrogens is 369 g/mol. The van der Waals surface area contributed by atoms with Gasteiger partial charge in [0.2, 0.25) is 0 Å². The van der Waals surface area contributed by atoms with Gasteiger partial charge in [0.1, 0.15) is 11.5 Å². The highest BCUT2D eigenvalue weighted by Gasteiger charge is 2.28. The van der Waals surface area contributed by atoms with Gasteiger partial charge in [0.05, 0.1) is 23.6 Å². The summed E-state index contributed by atoms with van der Waals surface area (Å²) in [7, 11) is 0. The Morgan fingerprint density at radius 2 is 1.90 bits per heavy atom. The van der Waals surface area contributed by atoms with E-state index in [9.17, 15) is 9.18 Å². The van der Waals surface area contributed by atoms with Crippen molar-refractivity contribution in [3.63, 3.8) is 0 Å². The average Bonchev–Trinajstić information content (AvgIpc) is 3.44. The molecule has 1 aliphatic rings. The molecule has 4 aromatic rings. The molecule has 0 atom stereocenters. The number of pyridine rings is 1. The van der Waals surface area contributed by atoms with Gasteiger partial charge in [0.25, 0.3) is 5.91 Å². The van der Waals surface area contributed by atoms with Gasteiger partial charge in [-0.25, -0.2) is 14.1 Å². The fourth-order valence-electron chi connectivity index (χ4n) is 4.13. The second-order valence-corrected chi connectivity index (χ2v) is 7.34. The van der Waals surface area contributed by atoms with Crippen LogP contribution < -0.4 is 0 Å². The summed E-state index contributed by atoms with van der Waals surface area (Å²) in [6, 6.07) is 11.6. The smallest absolute Gasteiger partial charge is 0.257 e. The number of carbonyl (C=O) groups excluding carboxylic acids is 1. The zero-order chi connectivity index (χ0) is 19.8. The van der Waals surface area contributed by atoms with Gasteiger partial charge in [-0.05, 0) is 37.0 Å². The minimum atomic E-state index is -0.272. The largest absolute Gasteiger partial charge is 0.346 e. The highest BCUT2D eigenvalue weighted by molar-refractivity contribution is 5.94. The van der Waals surface area contributed by atoms with Crippen LogP contribution in [-0.2, 0) is 0 Å². The zero-order valence-electron chi connectivity index (χ0n) is 15.8. The van der Waals surface area contributed by atoms with Gasteiger partial charge in [-0.15, -0.1) is 0 Å². The molecule has 0 spiro atoms. The SMILES string of the molecule is O=C(c1cnn(-c2ccccc2)c1)N1CCC(c2c(F)cnc3[nH]ccc23)CC1. The number of halogens is 1. The van der Waals surface area contributed by atoms with Crippen molar-refractivity contribution in [2.24, 2.45) is 0 Å². The summed E-state index contributed by atoms with van der Waals surface area (Å²) in [6.07, 6.45) is 7.87. The molecule has 29 heavy (non-hydrogen) atoms. The van der Waals surface area contributed by atoms with Gasteiger partial charge in [-0.2, -0.15) is 5.10 Å². The Balaban J connectivity index is 1.31. The van der Waals surface area contributed by atoms with E-state index in [1.165, 1.54) is 6.20 Å². The van der Waals surface area contributed by atoms with Crippen molar-refractivity contribution >= 4 is 16.9 Å². The molecule has 146 valence electrons. The topological polar surface area (TPSA) is 66.8 Å². The first-order chi connectivity index (χ1) is 14.2. The Kier molecular flexibility index (Phi) is 4.35. The lowest BCUT2D eigenvalue weighted by atomic mass is 9.88. The highest BCUT2D eigenvalue weighted by atomic mass is 19.1. The van der Waals surface area contributed by atoms with Crippen molar-refractivity contribution in [2.45, 2.75) is 18.8 Å². The predicted octanol–water partition coefficient (Wildman–Crippen LogP) is 3.91. The van der Waals surface area contributed by atoms with Crippen LogP contribution in [0.15, 0.2) is 61.2 Å². The Bertz CT molecular complexity index is 1160. The van der Waals surface area contributed by atoms with Gasteiger partial charge in [0, 0.05) is 36.4 Å². The van der Waals surface area contributed by atoms with Crippen molar-refractivity contribution in [3.8, 4) is 5.69 Å². The Hall–Kier alpha value is -3.48. The number of nitrogens with one attached hydrogen (secondary N) is 1. The Labute approximate surface area is 167 Å². The Morgan fingerprint density at radius 1 is 1.10 bits per heavy atom. The van der Waals surface area contributed by atoms with Crippen LogP contribution >= 0.6 is 0 Å². The van der Waals surface area contributed by atoms with E-state index in [4.69, 9.17) is 0 Å². The van der Waals surface area contributed by atoms with Crippen LogP contribution in [0.1, 0.15) is 34.7 Å². The van der Waals surface area contributed by atoms with Crippen LogP contribution in [0, 0.1) is 5.82 Å². The van der Waals surface area contributed by atoms with Crippen LogP contribution in [0.2, 0.25) is 0 Å². The molecule has 6 nitrogen and oxygen atoms in total. The van der Waals surface area contributed by atoms with Gasteiger partial charge in [-0.1, -0.05) is 18.2 Å². The van der Waals surface area contributed by atoms with Crippen molar-refractivity contribution in [3.05, 3.63) is 78.1 Å². The number of fused-ring (bicyclic) bond motifs is 1. The molecule has 1 N–H and O–H groups in total. The molecule has 0 aliphatic carbocycles. The third-order valence-corrected chi connectivity index (χ3v) is 5.62. The maximum atomic E-state index is 14.5. The average molecular weight is 389 g/mol. The fourth-order valence-corrected chi connectivity index (χ4v) is 4.13. The molecule has 1 amide bonds. The number of piperidine rings is 1. The van der Waals surface area contributed by atoms with Crippen molar-refractivity contribution in [2.75, 3.05) is 13.1 Å². The molecule has 1 aliphatic heterocycles. The standard InChI is InChI=1S/C22H20FN5O/c23-19-13-25-21-18(6-9-24-21)20(19)15-7-10-27(11-8-15)22(29)16-12-26-28(14-16)17-4-2-1-3-5-17/h1-6,9,12-15H,7-8,10-11H2,(H,24,25). The summed E-state index contributed by atoms with van der Waals surface area (Å²) in [5.74, 6) is -0.231. The number of H-pyrrole nitrogens is 1. The van der Waals surface area contributed by atoms with E-state index >= 15 is 0 Å². The van der Waals surface area contributed by atoms with Crippen molar-refractivity contribution in [1.29, 1.82) is 0 Å². The van der Waals surface area contributed by atoms with Crippen molar-refractivity contribution < 1.29 is 9.18 Å². The lowest BCUT2D eigenvalue weighted by Crippen LogP contribution is -2.38. The van der Waals surface area contributed by atoms with E-state index in [2.05, 4.69) is 15.1 Å². The number of amides is 1. The normalized spacial score (nSPS) is 15.1. The number of likely N-dealkylation sites (tertiary alicyclic amines) is 1. The van der Waals surface area contributed by atoms with Crippen LogP contribution in [0.25, 0.3) is 16.7 Å². The first-order valence-electron chi connectivity index (χ1n) is 9.71. The Morgan fingerprint density at radius 3 is 2.69 bits per heavy atom. The molecule has 3 aromatic heterocycles. The summed E-state index contributed by atoms with van der Waals surface area (Å²) in [5.41, 5.74) is 2.89. The van der Waals surface area contributed by atoms with Crippen LogP contribution in [0.3, 0.4) is 0 Å². The predicted molar refractivity (Wildman–Crippen MR) is 107 cm³/mol. The number of aromatic amines is 1. The second-order valence-electron chi connectivity index (χ2n) is 7.34. The number of carbonyl (C=O) groups is 1. The van der Waals surface area contributed by atoms with Gasteiger partial charge in [-0.3, -0.25) is 4.79 Å². The van der Waals surface area contributed by atoms with E-state index in [0.29, 0.717) is 29.9 Å². The molecule has 0 bridgehead atoms. The molecule has 0 saturated carbocycles. The maximum absolute atomic E-state index is 14.5. The number of aromatic nitrogens is 4. The molecule has 5 rings (SSSR count). The molecular formula is C22H20FN5O. The van der Waals surface area contributed by atoms with Crippen LogP contribution in [-0.4, -0.2) is 43.6 Å². The maximum Gasteiger partial charge on any atom is 0.257 e. The van der Waals surface area contributed by atoms with Gasteiger partial charge < -0.3 is 9.88 Å². The molecule has 0 radical (unpaired) electrons. The first kappa shape index (κ1) is 17.6. The third-order valence-electron chi connectivity index (χ3n) is 5.62. The number of hydrogen-bond acceptors (Lipinski definition) is 3. The van der Waals surface area contributed by atoms with Crippen LogP contribution in [0.4, 0.5) is 4.39 Å². The summed E-state index contributed by atoms with van der Waals surface area (Å²) in [5, 5.41) is 5.15. The summed E-state index contributed by atoms with van der Waals surface area (Å²) in [6.45, 7) is 1.18. The second kappa shape index (κ2) is 7.16. The number of para-hydroxylation sites is 1. The molecule has 1 saturated heterocycles. The molecule has 7 heteroatoms. The summed E-state index contributed by atoms with van der Waals surface area (Å²) < 4.78 is 16.2. The molecule has 4 heterocycles. The third kappa shape index (κ3) is 3.18. The van der Waals surface area contributed by atoms with E-state index in [0.717, 1.165) is 23.9 Å². The number of rotatable bonds is 3. The lowest BCUT2D eigenvalue weighted by Gasteiger charge is -2.32. The summed E-state index contributed by atoms with van der Waals surface area (Å²) >= 11 is 0. The van der Waals surface area contributed by atoms with E-state index in [1.54, 1.807) is 23.3 Å². The highest BCUT2D eigenvalue weighted by Crippen LogP contribution is 2.34. The molecule has 1 fully saturated rings. The first-order valence-corrected chi connectivity index (χ1v) is 9.71. The van der Waals surface area contributed by atoms with Crippen LogP contribution in [0.5, 0.6) is 0 Å².